The van der Waals surface area contributed by atoms with Crippen LogP contribution in [0, 0.1) is 0 Å². The average Bonchev–Trinajstić information content (AvgIpc) is 3.27. The first kappa shape index (κ1) is 25.7. The number of hydrogen-bond donors (Lipinski definition) is 4. The smallest absolute Gasteiger partial charge is 0.326 e. The van der Waals surface area contributed by atoms with E-state index in [0.29, 0.717) is 25.8 Å². The van der Waals surface area contributed by atoms with Crippen LogP contribution in [0.3, 0.4) is 0 Å². The zero-order valence-electron chi connectivity index (χ0n) is 18.5. The molecule has 0 spiro atoms. The van der Waals surface area contributed by atoms with E-state index in [1.165, 1.54) is 11.8 Å². The van der Waals surface area contributed by atoms with Crippen LogP contribution in [0.25, 0.3) is 0 Å². The number of rotatable bonds is 11. The van der Waals surface area contributed by atoms with E-state index in [2.05, 4.69) is 10.6 Å². The van der Waals surface area contributed by atoms with E-state index in [1.54, 1.807) is 36.0 Å². The number of hydrogen-bond acceptors (Lipinski definition) is 6. The molecule has 1 aromatic carbocycles. The largest absolute Gasteiger partial charge is 0.480 e. The first-order valence-electron chi connectivity index (χ1n) is 10.7. The zero-order valence-corrected chi connectivity index (χ0v) is 19.3. The van der Waals surface area contributed by atoms with Crippen molar-refractivity contribution in [1.29, 1.82) is 0 Å². The molecule has 0 aromatic heterocycles. The monoisotopic (exact) mass is 464 g/mol. The molecule has 1 aliphatic rings. The highest BCUT2D eigenvalue weighted by atomic mass is 32.2. The van der Waals surface area contributed by atoms with Gasteiger partial charge in [0.2, 0.25) is 17.7 Å². The number of carboxylic acids is 1. The molecule has 1 aliphatic heterocycles. The molecular weight excluding hydrogens is 432 g/mol. The van der Waals surface area contributed by atoms with Gasteiger partial charge in [0.05, 0.1) is 6.04 Å². The number of nitrogens with one attached hydrogen (secondary N) is 2. The van der Waals surface area contributed by atoms with Gasteiger partial charge in [0, 0.05) is 13.0 Å². The number of carbonyl (C=O) groups excluding carboxylic acids is 3. The third-order valence-electron chi connectivity index (χ3n) is 5.44. The highest BCUT2D eigenvalue weighted by molar-refractivity contribution is 7.98. The molecule has 4 unspecified atom stereocenters. The number of carboxylic acid groups (broad SMARTS) is 1. The minimum absolute atomic E-state index is 0.126. The summed E-state index contributed by atoms with van der Waals surface area (Å²) < 4.78 is 0. The van der Waals surface area contributed by atoms with Crippen LogP contribution in [0.4, 0.5) is 0 Å². The summed E-state index contributed by atoms with van der Waals surface area (Å²) in [5, 5.41) is 14.6. The van der Waals surface area contributed by atoms with E-state index in [0.717, 1.165) is 11.3 Å². The van der Waals surface area contributed by atoms with Gasteiger partial charge >= 0.3 is 5.97 Å². The second-order valence-electron chi connectivity index (χ2n) is 7.90. The van der Waals surface area contributed by atoms with E-state index >= 15 is 0 Å². The van der Waals surface area contributed by atoms with E-state index in [4.69, 9.17) is 5.73 Å². The van der Waals surface area contributed by atoms with E-state index in [9.17, 15) is 24.3 Å². The van der Waals surface area contributed by atoms with E-state index < -0.39 is 42.0 Å². The maximum Gasteiger partial charge on any atom is 0.326 e. The van der Waals surface area contributed by atoms with Gasteiger partial charge in [-0.05, 0) is 43.8 Å². The van der Waals surface area contributed by atoms with Crippen LogP contribution >= 0.6 is 11.8 Å². The van der Waals surface area contributed by atoms with Crippen molar-refractivity contribution in [1.82, 2.24) is 15.5 Å². The number of amides is 3. The Morgan fingerprint density at radius 1 is 1.22 bits per heavy atom. The Morgan fingerprint density at radius 3 is 2.53 bits per heavy atom. The van der Waals surface area contributed by atoms with Crippen molar-refractivity contribution in [2.24, 2.45) is 5.73 Å². The van der Waals surface area contributed by atoms with Gasteiger partial charge in [-0.25, -0.2) is 4.79 Å². The van der Waals surface area contributed by atoms with Crippen molar-refractivity contribution >= 4 is 35.5 Å². The highest BCUT2D eigenvalue weighted by Crippen LogP contribution is 2.19. The van der Waals surface area contributed by atoms with Crippen LogP contribution < -0.4 is 16.4 Å². The molecule has 0 radical (unpaired) electrons. The number of likely N-dealkylation sites (tertiary alicyclic amines) is 1. The highest BCUT2D eigenvalue weighted by Gasteiger charge is 2.37. The zero-order chi connectivity index (χ0) is 23.7. The number of thioether (sulfide) groups is 1. The number of nitrogens with zero attached hydrogens (tertiary/aromatic N) is 1. The summed E-state index contributed by atoms with van der Waals surface area (Å²) in [5.74, 6) is -1.71. The number of benzene rings is 1. The summed E-state index contributed by atoms with van der Waals surface area (Å²) >= 11 is 1.60. The summed E-state index contributed by atoms with van der Waals surface area (Å²) in [4.78, 5) is 51.0. The van der Waals surface area contributed by atoms with Crippen LogP contribution in [-0.2, 0) is 25.6 Å². The second-order valence-corrected chi connectivity index (χ2v) is 8.88. The molecule has 0 aliphatic carbocycles. The van der Waals surface area contributed by atoms with Crippen LogP contribution in [0.1, 0.15) is 31.7 Å². The molecule has 1 heterocycles. The predicted octanol–water partition coefficient (Wildman–Crippen LogP) is 0.375. The van der Waals surface area contributed by atoms with Gasteiger partial charge in [-0.3, -0.25) is 14.4 Å². The molecule has 176 valence electrons. The Hall–Kier alpha value is -2.59. The van der Waals surface area contributed by atoms with Crippen LogP contribution in [0.5, 0.6) is 0 Å². The summed E-state index contributed by atoms with van der Waals surface area (Å²) in [7, 11) is 0. The maximum atomic E-state index is 12.8. The van der Waals surface area contributed by atoms with Crippen molar-refractivity contribution in [3.8, 4) is 0 Å². The molecule has 4 atom stereocenters. The minimum Gasteiger partial charge on any atom is -0.480 e. The summed E-state index contributed by atoms with van der Waals surface area (Å²) in [6, 6.07) is 5.55. The third-order valence-corrected chi connectivity index (χ3v) is 6.08. The Kier molecular flexibility index (Phi) is 9.98. The summed E-state index contributed by atoms with van der Waals surface area (Å²) in [6.07, 6.45) is 3.76. The lowest BCUT2D eigenvalue weighted by Gasteiger charge is -2.28. The van der Waals surface area contributed by atoms with Gasteiger partial charge in [-0.15, -0.1) is 0 Å². The first-order chi connectivity index (χ1) is 15.2. The van der Waals surface area contributed by atoms with Gasteiger partial charge in [0.15, 0.2) is 0 Å². The average molecular weight is 465 g/mol. The van der Waals surface area contributed by atoms with Crippen molar-refractivity contribution in [2.45, 2.75) is 56.8 Å². The fourth-order valence-corrected chi connectivity index (χ4v) is 4.10. The normalized spacial score (nSPS) is 18.5. The third kappa shape index (κ3) is 7.23. The molecule has 9 nitrogen and oxygen atoms in total. The lowest BCUT2D eigenvalue weighted by Crippen LogP contribution is -2.56. The van der Waals surface area contributed by atoms with E-state index in [1.807, 2.05) is 12.3 Å². The van der Waals surface area contributed by atoms with E-state index in [-0.39, 0.29) is 12.3 Å². The van der Waals surface area contributed by atoms with Gasteiger partial charge in [0.1, 0.15) is 18.1 Å². The molecule has 1 saturated heterocycles. The standard InChI is InChI=1S/C22H32N4O5S/c1-14(19(27)25-17(22(30)31)13-15-7-4-3-5-8-15)24-20(28)18-9-6-11-26(18)21(29)16(23)10-12-32-2/h3-5,7-8,14,16-18H,6,9-13,23H2,1-2H3,(H,24,28)(H,25,27)(H,30,31). The Labute approximate surface area is 192 Å². The summed E-state index contributed by atoms with van der Waals surface area (Å²) in [6.45, 7) is 1.93. The summed E-state index contributed by atoms with van der Waals surface area (Å²) in [5.41, 5.74) is 6.76. The Balaban J connectivity index is 1.94. The predicted molar refractivity (Wildman–Crippen MR) is 123 cm³/mol. The van der Waals surface area contributed by atoms with Crippen molar-refractivity contribution in [3.05, 3.63) is 35.9 Å². The van der Waals surface area contributed by atoms with Gasteiger partial charge < -0.3 is 26.4 Å². The first-order valence-corrected chi connectivity index (χ1v) is 12.1. The lowest BCUT2D eigenvalue weighted by molar-refractivity contribution is -0.143. The molecule has 32 heavy (non-hydrogen) atoms. The van der Waals surface area contributed by atoms with Crippen LogP contribution in [-0.4, -0.2) is 76.4 Å². The minimum atomic E-state index is -1.16. The van der Waals surface area contributed by atoms with Crippen molar-refractivity contribution < 1.29 is 24.3 Å². The molecule has 5 N–H and O–H groups in total. The van der Waals surface area contributed by atoms with Crippen molar-refractivity contribution in [2.75, 3.05) is 18.6 Å². The molecule has 0 bridgehead atoms. The SMILES string of the molecule is CSCCC(N)C(=O)N1CCCC1C(=O)NC(C)C(=O)NC(Cc1ccccc1)C(=O)O. The quantitative estimate of drug-likeness (QED) is 0.371. The Bertz CT molecular complexity index is 807. The fraction of sp³-hybridized carbons (Fsp3) is 0.545. The number of aliphatic carboxylic acids is 1. The molecule has 1 aromatic rings. The van der Waals surface area contributed by atoms with Crippen LogP contribution in [0.2, 0.25) is 0 Å². The molecule has 2 rings (SSSR count). The van der Waals surface area contributed by atoms with Crippen LogP contribution in [0.15, 0.2) is 30.3 Å². The topological polar surface area (TPSA) is 142 Å². The lowest BCUT2D eigenvalue weighted by atomic mass is 10.1. The van der Waals surface area contributed by atoms with Crippen molar-refractivity contribution in [3.63, 3.8) is 0 Å². The number of nitrogens with two attached hydrogens (primary N) is 1. The van der Waals surface area contributed by atoms with Gasteiger partial charge in [-0.2, -0.15) is 11.8 Å². The molecular formula is C22H32N4O5S. The number of carbonyl (C=O) groups is 4. The Morgan fingerprint density at radius 2 is 1.91 bits per heavy atom. The maximum absolute atomic E-state index is 12.8. The van der Waals surface area contributed by atoms with Gasteiger partial charge in [-0.1, -0.05) is 30.3 Å². The van der Waals surface area contributed by atoms with Gasteiger partial charge in [0.25, 0.3) is 0 Å². The fourth-order valence-electron chi connectivity index (χ4n) is 3.61. The molecule has 0 saturated carbocycles. The molecule has 1 fully saturated rings. The molecule has 10 heteroatoms. The second kappa shape index (κ2) is 12.4. The molecule has 3 amide bonds.